The predicted octanol–water partition coefficient (Wildman–Crippen LogP) is 2.69. The summed E-state index contributed by atoms with van der Waals surface area (Å²) in [6.45, 7) is 0.782. The zero-order chi connectivity index (χ0) is 23.9. The van der Waals surface area contributed by atoms with Crippen LogP contribution in [-0.4, -0.2) is 38.2 Å². The maximum absolute atomic E-state index is 12.7. The van der Waals surface area contributed by atoms with Crippen LogP contribution in [-0.2, 0) is 22.7 Å². The lowest BCUT2D eigenvalue weighted by atomic mass is 10.1. The molecule has 0 unspecified atom stereocenters. The molecule has 0 saturated heterocycles. The molecule has 0 spiro atoms. The fraction of sp³-hybridized carbons (Fsp3) is 0.292. The molecule has 4 N–H and O–H groups in total. The average Bonchev–Trinajstić information content (AvgIpc) is 3.60. The number of thioether (sulfide) groups is 1. The summed E-state index contributed by atoms with van der Waals surface area (Å²) in [6, 6.07) is 16.5. The fourth-order valence-electron chi connectivity index (χ4n) is 3.46. The number of hydrogen-bond donors (Lipinski definition) is 3. The minimum Gasteiger partial charge on any atom is -0.370 e. The molecule has 0 radical (unpaired) electrons. The van der Waals surface area contributed by atoms with Gasteiger partial charge in [-0.3, -0.25) is 14.4 Å². The van der Waals surface area contributed by atoms with Gasteiger partial charge in [-0.1, -0.05) is 54.2 Å². The summed E-state index contributed by atoms with van der Waals surface area (Å²) in [6.07, 6.45) is 2.27. The summed E-state index contributed by atoms with van der Waals surface area (Å²) in [7, 11) is 0. The maximum atomic E-state index is 12.7. The topological polar surface area (TPSA) is 132 Å². The Hall–Kier alpha value is -3.66. The average molecular weight is 479 g/mol. The summed E-state index contributed by atoms with van der Waals surface area (Å²) in [5.74, 6) is 0.332. The van der Waals surface area contributed by atoms with Crippen LogP contribution in [0.4, 0.5) is 5.69 Å². The number of rotatable bonds is 11. The number of carbonyl (C=O) groups is 3. The van der Waals surface area contributed by atoms with Gasteiger partial charge in [-0.15, -0.1) is 10.2 Å². The number of nitrogens with one attached hydrogen (secondary N) is 2. The molecule has 1 aromatic heterocycles. The molecule has 1 fully saturated rings. The van der Waals surface area contributed by atoms with E-state index in [1.54, 1.807) is 24.3 Å². The molecular formula is C24H26N6O3S. The van der Waals surface area contributed by atoms with Crippen molar-refractivity contribution < 1.29 is 14.4 Å². The lowest BCUT2D eigenvalue weighted by molar-refractivity contribution is -0.118. The minimum absolute atomic E-state index is 0.0827. The second-order valence-corrected chi connectivity index (χ2v) is 8.98. The number of nitrogens with zero attached hydrogens (tertiary/aromatic N) is 3. The van der Waals surface area contributed by atoms with Gasteiger partial charge in [-0.2, -0.15) is 0 Å². The van der Waals surface area contributed by atoms with E-state index in [1.165, 1.54) is 11.8 Å². The van der Waals surface area contributed by atoms with Crippen molar-refractivity contribution in [1.29, 1.82) is 0 Å². The Labute approximate surface area is 201 Å². The summed E-state index contributed by atoms with van der Waals surface area (Å²) in [5, 5.41) is 14.7. The summed E-state index contributed by atoms with van der Waals surface area (Å²) in [4.78, 5) is 36.6. The van der Waals surface area contributed by atoms with Crippen molar-refractivity contribution in [1.82, 2.24) is 20.1 Å². The van der Waals surface area contributed by atoms with Crippen molar-refractivity contribution in [3.05, 3.63) is 71.5 Å². The summed E-state index contributed by atoms with van der Waals surface area (Å²) in [5.41, 5.74) is 7.12. The Morgan fingerprint density at radius 2 is 1.76 bits per heavy atom. The third-order valence-electron chi connectivity index (χ3n) is 5.34. The van der Waals surface area contributed by atoms with Crippen LogP contribution in [0, 0.1) is 0 Å². The van der Waals surface area contributed by atoms with Crippen LogP contribution in [0.2, 0.25) is 0 Å². The first-order valence-corrected chi connectivity index (χ1v) is 12.0. The van der Waals surface area contributed by atoms with E-state index in [2.05, 4.69) is 20.8 Å². The molecule has 1 aliphatic rings. The highest BCUT2D eigenvalue weighted by Crippen LogP contribution is 2.40. The van der Waals surface area contributed by atoms with Gasteiger partial charge in [0.15, 0.2) is 5.16 Å². The number of amides is 3. The highest BCUT2D eigenvalue weighted by molar-refractivity contribution is 7.99. The quantitative estimate of drug-likeness (QED) is 0.363. The van der Waals surface area contributed by atoms with Gasteiger partial charge < -0.3 is 20.9 Å². The molecule has 3 aromatic rings. The third-order valence-corrected chi connectivity index (χ3v) is 6.31. The van der Waals surface area contributed by atoms with Gasteiger partial charge in [0.1, 0.15) is 5.82 Å². The van der Waals surface area contributed by atoms with Crippen molar-refractivity contribution in [2.45, 2.75) is 43.4 Å². The normalized spacial score (nSPS) is 12.8. The van der Waals surface area contributed by atoms with Crippen LogP contribution in [0.1, 0.15) is 46.9 Å². The molecule has 1 saturated carbocycles. The number of nitrogens with two attached hydrogens (primary N) is 1. The highest BCUT2D eigenvalue weighted by Gasteiger charge is 2.30. The largest absolute Gasteiger partial charge is 0.370 e. The Morgan fingerprint density at radius 1 is 1.03 bits per heavy atom. The number of hydrogen-bond acceptors (Lipinski definition) is 6. The number of anilines is 1. The summed E-state index contributed by atoms with van der Waals surface area (Å²) >= 11 is 1.24. The Balaban J connectivity index is 1.37. The van der Waals surface area contributed by atoms with Gasteiger partial charge in [0.25, 0.3) is 5.91 Å². The van der Waals surface area contributed by atoms with Crippen molar-refractivity contribution >= 4 is 35.2 Å². The zero-order valence-electron chi connectivity index (χ0n) is 18.6. The van der Waals surface area contributed by atoms with Crippen LogP contribution >= 0.6 is 11.8 Å². The second-order valence-electron chi connectivity index (χ2n) is 8.03. The number of para-hydroxylation sites is 1. The molecule has 9 nitrogen and oxygen atoms in total. The molecule has 10 heteroatoms. The maximum Gasteiger partial charge on any atom is 0.253 e. The molecule has 176 valence electrons. The monoisotopic (exact) mass is 478 g/mol. The van der Waals surface area contributed by atoms with Gasteiger partial charge in [0, 0.05) is 25.4 Å². The van der Waals surface area contributed by atoms with Crippen molar-refractivity contribution in [2.24, 2.45) is 5.73 Å². The first kappa shape index (κ1) is 23.5. The SMILES string of the molecule is NC(=O)CCn1c(SCC(=O)Nc2ccccc2C(=O)NCc2ccccc2)nnc1C1CC1. The van der Waals surface area contributed by atoms with E-state index < -0.39 is 5.91 Å². The second kappa shape index (κ2) is 11.0. The molecule has 0 atom stereocenters. The molecule has 0 aliphatic heterocycles. The zero-order valence-corrected chi connectivity index (χ0v) is 19.4. The third kappa shape index (κ3) is 6.22. The van der Waals surface area contributed by atoms with Gasteiger partial charge >= 0.3 is 0 Å². The summed E-state index contributed by atoms with van der Waals surface area (Å²) < 4.78 is 1.88. The molecule has 2 aromatic carbocycles. The van der Waals surface area contributed by atoms with Gasteiger partial charge in [0.05, 0.1) is 17.0 Å². The molecule has 3 amide bonds. The van der Waals surface area contributed by atoms with Crippen molar-refractivity contribution in [3.8, 4) is 0 Å². The standard InChI is InChI=1S/C24H26N6O3S/c25-20(31)12-13-30-22(17-10-11-17)28-29-24(30)34-15-21(32)27-19-9-5-4-8-18(19)23(33)26-14-16-6-2-1-3-7-16/h1-9,17H,10-15H2,(H2,25,31)(H,26,33)(H,27,32). The first-order chi connectivity index (χ1) is 16.5. The molecule has 1 aliphatic carbocycles. The lowest BCUT2D eigenvalue weighted by Gasteiger charge is -2.12. The Kier molecular flexibility index (Phi) is 7.58. The van der Waals surface area contributed by atoms with Crippen LogP contribution in [0.15, 0.2) is 59.8 Å². The van der Waals surface area contributed by atoms with E-state index >= 15 is 0 Å². The minimum atomic E-state index is -0.397. The molecule has 0 bridgehead atoms. The van der Waals surface area contributed by atoms with Crippen molar-refractivity contribution in [3.63, 3.8) is 0 Å². The van der Waals surface area contributed by atoms with Crippen LogP contribution in [0.3, 0.4) is 0 Å². The molecule has 1 heterocycles. The van der Waals surface area contributed by atoms with E-state index in [0.29, 0.717) is 35.4 Å². The van der Waals surface area contributed by atoms with E-state index in [1.807, 2.05) is 34.9 Å². The van der Waals surface area contributed by atoms with E-state index in [0.717, 1.165) is 24.2 Å². The fourth-order valence-corrected chi connectivity index (χ4v) is 4.23. The number of benzene rings is 2. The molecular weight excluding hydrogens is 452 g/mol. The van der Waals surface area contributed by atoms with E-state index in [9.17, 15) is 14.4 Å². The predicted molar refractivity (Wildman–Crippen MR) is 129 cm³/mol. The Morgan fingerprint density at radius 3 is 2.50 bits per heavy atom. The Bertz CT molecular complexity index is 1180. The number of aromatic nitrogens is 3. The van der Waals surface area contributed by atoms with E-state index in [4.69, 9.17) is 5.73 Å². The van der Waals surface area contributed by atoms with Crippen molar-refractivity contribution in [2.75, 3.05) is 11.1 Å². The van der Waals surface area contributed by atoms with E-state index in [-0.39, 0.29) is 24.0 Å². The van der Waals surface area contributed by atoms with Gasteiger partial charge in [-0.25, -0.2) is 0 Å². The number of carbonyl (C=O) groups excluding carboxylic acids is 3. The highest BCUT2D eigenvalue weighted by atomic mass is 32.2. The molecule has 4 rings (SSSR count). The molecule has 34 heavy (non-hydrogen) atoms. The first-order valence-electron chi connectivity index (χ1n) is 11.1. The van der Waals surface area contributed by atoms with Crippen LogP contribution < -0.4 is 16.4 Å². The van der Waals surface area contributed by atoms with Crippen LogP contribution in [0.5, 0.6) is 0 Å². The smallest absolute Gasteiger partial charge is 0.253 e. The lowest BCUT2D eigenvalue weighted by Crippen LogP contribution is -2.25. The van der Waals surface area contributed by atoms with Gasteiger partial charge in [0.2, 0.25) is 11.8 Å². The number of primary amides is 1. The van der Waals surface area contributed by atoms with Crippen LogP contribution in [0.25, 0.3) is 0 Å². The van der Waals surface area contributed by atoms with Gasteiger partial charge in [-0.05, 0) is 30.5 Å².